The predicted molar refractivity (Wildman–Crippen MR) is 108 cm³/mol. The van der Waals surface area contributed by atoms with E-state index < -0.39 is 0 Å². The predicted octanol–water partition coefficient (Wildman–Crippen LogP) is 4.82. The zero-order valence-electron chi connectivity index (χ0n) is 15.3. The number of amides is 1. The lowest BCUT2D eigenvalue weighted by Crippen LogP contribution is -2.50. The summed E-state index contributed by atoms with van der Waals surface area (Å²) in [5.41, 5.74) is 4.00. The van der Waals surface area contributed by atoms with Gasteiger partial charge in [0.2, 0.25) is 0 Å². The molecular weight excluding hydrogens is 388 g/mol. The summed E-state index contributed by atoms with van der Waals surface area (Å²) >= 11 is 3.52. The molecule has 1 amide bonds. The second-order valence-corrected chi connectivity index (χ2v) is 8.72. The number of hydrogen-bond donors (Lipinski definition) is 2. The smallest absolute Gasteiger partial charge is 0.252 e. The fourth-order valence-corrected chi connectivity index (χ4v) is 5.04. The Bertz CT molecular complexity index is 802. The molecule has 2 aliphatic rings. The molecule has 0 saturated carbocycles. The molecule has 1 atom stereocenters. The van der Waals surface area contributed by atoms with Crippen LogP contribution in [0.4, 0.5) is 0 Å². The van der Waals surface area contributed by atoms with Gasteiger partial charge in [-0.05, 0) is 68.4 Å². The maximum absolute atomic E-state index is 13.2. The van der Waals surface area contributed by atoms with Crippen molar-refractivity contribution in [3.63, 3.8) is 0 Å². The highest BCUT2D eigenvalue weighted by atomic mass is 79.9. The van der Waals surface area contributed by atoms with E-state index in [-0.39, 0.29) is 17.5 Å². The molecule has 2 bridgehead atoms. The van der Waals surface area contributed by atoms with Gasteiger partial charge in [-0.3, -0.25) is 4.79 Å². The van der Waals surface area contributed by atoms with Crippen LogP contribution in [0, 0.1) is 13.8 Å². The Morgan fingerprint density at radius 1 is 1.12 bits per heavy atom. The first-order chi connectivity index (χ1) is 12.5. The number of hydrogen-bond acceptors (Lipinski definition) is 2. The summed E-state index contributed by atoms with van der Waals surface area (Å²) in [5.74, 6) is 0.0278. The SMILES string of the molecule is Cc1cccc(C)c1C(=O)NC(c1ccc(Br)cc1)C12CCC(CC1)N2. The molecule has 2 aromatic rings. The maximum Gasteiger partial charge on any atom is 0.252 e. The van der Waals surface area contributed by atoms with Crippen LogP contribution in [0.25, 0.3) is 0 Å². The third kappa shape index (κ3) is 3.10. The van der Waals surface area contributed by atoms with Gasteiger partial charge in [-0.25, -0.2) is 0 Å². The quantitative estimate of drug-likeness (QED) is 0.755. The van der Waals surface area contributed by atoms with Gasteiger partial charge in [0.1, 0.15) is 0 Å². The summed E-state index contributed by atoms with van der Waals surface area (Å²) in [5, 5.41) is 7.21. The largest absolute Gasteiger partial charge is 0.343 e. The van der Waals surface area contributed by atoms with Crippen molar-refractivity contribution in [1.82, 2.24) is 10.6 Å². The molecule has 0 spiro atoms. The summed E-state index contributed by atoms with van der Waals surface area (Å²) in [6.07, 6.45) is 4.63. The number of fused-ring (bicyclic) bond motifs is 2. The molecule has 0 radical (unpaired) electrons. The van der Waals surface area contributed by atoms with Crippen LogP contribution in [-0.4, -0.2) is 17.5 Å². The molecule has 4 heteroatoms. The molecule has 2 N–H and O–H groups in total. The number of aryl methyl sites for hydroxylation is 2. The normalized spacial score (nSPS) is 25.3. The second kappa shape index (κ2) is 6.82. The number of benzene rings is 2. The Kier molecular flexibility index (Phi) is 4.66. The van der Waals surface area contributed by atoms with Crippen molar-refractivity contribution in [3.8, 4) is 0 Å². The Balaban J connectivity index is 1.69. The van der Waals surface area contributed by atoms with Crippen LogP contribution in [0.1, 0.15) is 58.8 Å². The Morgan fingerprint density at radius 2 is 1.73 bits per heavy atom. The zero-order valence-corrected chi connectivity index (χ0v) is 16.9. The van der Waals surface area contributed by atoms with Gasteiger partial charge in [0.05, 0.1) is 6.04 Å². The third-order valence-electron chi connectivity index (χ3n) is 6.11. The standard InChI is InChI=1S/C22H25BrN2O/c1-14-4-3-5-15(2)19(14)21(26)24-20(16-6-8-17(23)9-7-16)22-12-10-18(25-22)11-13-22/h3-9,18,20,25H,10-13H2,1-2H3,(H,24,26). The molecule has 2 fully saturated rings. The van der Waals surface area contributed by atoms with E-state index in [0.717, 1.165) is 34.0 Å². The fraction of sp³-hybridized carbons (Fsp3) is 0.409. The minimum Gasteiger partial charge on any atom is -0.343 e. The molecule has 136 valence electrons. The lowest BCUT2D eigenvalue weighted by atomic mass is 9.78. The van der Waals surface area contributed by atoms with E-state index >= 15 is 0 Å². The molecule has 2 heterocycles. The third-order valence-corrected chi connectivity index (χ3v) is 6.64. The first-order valence-electron chi connectivity index (χ1n) is 9.39. The Hall–Kier alpha value is -1.65. The number of carbonyl (C=O) groups excluding carboxylic acids is 1. The van der Waals surface area contributed by atoms with E-state index in [2.05, 4.69) is 50.8 Å². The van der Waals surface area contributed by atoms with Crippen LogP contribution < -0.4 is 10.6 Å². The molecule has 1 unspecified atom stereocenters. The molecule has 2 aromatic carbocycles. The monoisotopic (exact) mass is 412 g/mol. The van der Waals surface area contributed by atoms with E-state index in [0.29, 0.717) is 6.04 Å². The molecule has 4 rings (SSSR count). The van der Waals surface area contributed by atoms with Crippen molar-refractivity contribution < 1.29 is 4.79 Å². The van der Waals surface area contributed by atoms with Gasteiger partial charge < -0.3 is 10.6 Å². The first-order valence-corrected chi connectivity index (χ1v) is 10.2. The molecule has 26 heavy (non-hydrogen) atoms. The van der Waals surface area contributed by atoms with Crippen LogP contribution >= 0.6 is 15.9 Å². The number of halogens is 1. The van der Waals surface area contributed by atoms with E-state index in [4.69, 9.17) is 0 Å². The van der Waals surface area contributed by atoms with Crippen molar-refractivity contribution in [3.05, 3.63) is 69.2 Å². The summed E-state index contributed by atoms with van der Waals surface area (Å²) in [4.78, 5) is 13.2. The molecule has 2 saturated heterocycles. The Labute approximate surface area is 163 Å². The average Bonchev–Trinajstić information content (AvgIpc) is 3.22. The highest BCUT2D eigenvalue weighted by molar-refractivity contribution is 9.10. The zero-order chi connectivity index (χ0) is 18.3. The maximum atomic E-state index is 13.2. The van der Waals surface area contributed by atoms with Crippen LogP contribution in [0.15, 0.2) is 46.9 Å². The van der Waals surface area contributed by atoms with Gasteiger partial charge >= 0.3 is 0 Å². The minimum atomic E-state index is -0.0231. The van der Waals surface area contributed by atoms with E-state index in [1.54, 1.807) is 0 Å². The van der Waals surface area contributed by atoms with Crippen molar-refractivity contribution in [1.29, 1.82) is 0 Å². The molecule has 3 nitrogen and oxygen atoms in total. The summed E-state index contributed by atoms with van der Waals surface area (Å²) in [7, 11) is 0. The molecule has 0 aliphatic carbocycles. The van der Waals surface area contributed by atoms with E-state index in [9.17, 15) is 4.79 Å². The van der Waals surface area contributed by atoms with Crippen molar-refractivity contribution in [2.45, 2.75) is 57.2 Å². The molecule has 2 aliphatic heterocycles. The second-order valence-electron chi connectivity index (χ2n) is 7.80. The van der Waals surface area contributed by atoms with Crippen LogP contribution in [0.5, 0.6) is 0 Å². The van der Waals surface area contributed by atoms with Gasteiger partial charge in [-0.2, -0.15) is 0 Å². The molecule has 0 aromatic heterocycles. The lowest BCUT2D eigenvalue weighted by molar-refractivity contribution is 0.0906. The van der Waals surface area contributed by atoms with Gasteiger partial charge in [-0.15, -0.1) is 0 Å². The topological polar surface area (TPSA) is 41.1 Å². The van der Waals surface area contributed by atoms with Gasteiger partial charge in [0.25, 0.3) is 5.91 Å². The van der Waals surface area contributed by atoms with E-state index in [1.165, 1.54) is 18.4 Å². The first kappa shape index (κ1) is 17.7. The summed E-state index contributed by atoms with van der Waals surface area (Å²) in [6, 6.07) is 15.0. The highest BCUT2D eigenvalue weighted by Crippen LogP contribution is 2.45. The van der Waals surface area contributed by atoms with Crippen molar-refractivity contribution in [2.75, 3.05) is 0 Å². The number of nitrogens with one attached hydrogen (secondary N) is 2. The average molecular weight is 413 g/mol. The molecular formula is C22H25BrN2O. The fourth-order valence-electron chi connectivity index (χ4n) is 4.77. The van der Waals surface area contributed by atoms with Gasteiger partial charge in [0.15, 0.2) is 0 Å². The van der Waals surface area contributed by atoms with Crippen LogP contribution in [0.3, 0.4) is 0 Å². The highest BCUT2D eigenvalue weighted by Gasteiger charge is 2.50. The van der Waals surface area contributed by atoms with Crippen molar-refractivity contribution in [2.24, 2.45) is 0 Å². The summed E-state index contributed by atoms with van der Waals surface area (Å²) < 4.78 is 1.06. The van der Waals surface area contributed by atoms with Crippen LogP contribution in [0.2, 0.25) is 0 Å². The van der Waals surface area contributed by atoms with Crippen LogP contribution in [-0.2, 0) is 0 Å². The summed E-state index contributed by atoms with van der Waals surface area (Å²) in [6.45, 7) is 4.02. The van der Waals surface area contributed by atoms with Gasteiger partial charge in [-0.1, -0.05) is 46.3 Å². The number of rotatable bonds is 4. The van der Waals surface area contributed by atoms with Gasteiger partial charge in [0, 0.05) is 21.6 Å². The van der Waals surface area contributed by atoms with Crippen molar-refractivity contribution >= 4 is 21.8 Å². The Morgan fingerprint density at radius 3 is 2.27 bits per heavy atom. The number of carbonyl (C=O) groups is 1. The van der Waals surface area contributed by atoms with E-state index in [1.807, 2.05) is 32.0 Å². The minimum absolute atomic E-state index is 0.0189. The lowest BCUT2D eigenvalue weighted by Gasteiger charge is -2.37.